The Morgan fingerprint density at radius 2 is 2.00 bits per heavy atom. The van der Waals surface area contributed by atoms with Gasteiger partial charge in [-0.15, -0.1) is 0 Å². The van der Waals surface area contributed by atoms with Crippen molar-refractivity contribution in [2.24, 2.45) is 5.84 Å². The molecule has 2 rings (SSSR count). The van der Waals surface area contributed by atoms with Crippen molar-refractivity contribution in [2.45, 2.75) is 50.5 Å². The van der Waals surface area contributed by atoms with Crippen LogP contribution in [0.25, 0.3) is 0 Å². The van der Waals surface area contributed by atoms with E-state index in [9.17, 15) is 0 Å². The van der Waals surface area contributed by atoms with E-state index in [4.69, 9.17) is 5.84 Å². The minimum atomic E-state index is 0.325. The Balaban J connectivity index is 2.11. The molecular formula is C14H22N2. The van der Waals surface area contributed by atoms with Gasteiger partial charge in [-0.25, -0.2) is 0 Å². The van der Waals surface area contributed by atoms with Gasteiger partial charge in [-0.2, -0.15) is 0 Å². The summed E-state index contributed by atoms with van der Waals surface area (Å²) in [5.74, 6) is 5.73. The van der Waals surface area contributed by atoms with E-state index in [0.29, 0.717) is 11.5 Å². The first-order valence-electron chi connectivity index (χ1n) is 6.35. The Morgan fingerprint density at radius 3 is 2.50 bits per heavy atom. The summed E-state index contributed by atoms with van der Waals surface area (Å²) in [6, 6.07) is 11.3. The zero-order chi connectivity index (χ0) is 11.4. The number of nitrogens with two attached hydrogens (primary N) is 1. The number of hydrazine groups is 1. The first-order valence-corrected chi connectivity index (χ1v) is 6.35. The van der Waals surface area contributed by atoms with Crippen LogP contribution in [0.1, 0.15) is 44.6 Å². The second-order valence-electron chi connectivity index (χ2n) is 4.88. The van der Waals surface area contributed by atoms with E-state index in [0.717, 1.165) is 0 Å². The SMILES string of the molecule is CCCCC(NN)C1(c2ccccc2)CC1. The van der Waals surface area contributed by atoms with E-state index < -0.39 is 0 Å². The van der Waals surface area contributed by atoms with Crippen LogP contribution in [0.4, 0.5) is 0 Å². The predicted octanol–water partition coefficient (Wildman–Crippen LogP) is 2.74. The van der Waals surface area contributed by atoms with E-state index in [-0.39, 0.29) is 0 Å². The van der Waals surface area contributed by atoms with Crippen molar-refractivity contribution in [1.29, 1.82) is 0 Å². The molecule has 0 aliphatic heterocycles. The van der Waals surface area contributed by atoms with Gasteiger partial charge in [0.2, 0.25) is 0 Å². The zero-order valence-corrected chi connectivity index (χ0v) is 10.1. The van der Waals surface area contributed by atoms with Crippen molar-refractivity contribution in [2.75, 3.05) is 0 Å². The molecule has 1 saturated carbocycles. The van der Waals surface area contributed by atoms with Gasteiger partial charge in [0.15, 0.2) is 0 Å². The first-order chi connectivity index (χ1) is 7.83. The van der Waals surface area contributed by atoms with Crippen molar-refractivity contribution < 1.29 is 0 Å². The summed E-state index contributed by atoms with van der Waals surface area (Å²) in [6.45, 7) is 2.23. The smallest absolute Gasteiger partial charge is 0.0307 e. The molecule has 3 N–H and O–H groups in total. The minimum Gasteiger partial charge on any atom is -0.271 e. The lowest BCUT2D eigenvalue weighted by atomic mass is 9.85. The normalized spacial score (nSPS) is 19.4. The summed E-state index contributed by atoms with van der Waals surface area (Å²) in [5, 5.41) is 0. The highest BCUT2D eigenvalue weighted by molar-refractivity contribution is 5.33. The number of rotatable bonds is 6. The average molecular weight is 218 g/mol. The molecule has 16 heavy (non-hydrogen) atoms. The number of unbranched alkanes of at least 4 members (excludes halogenated alkanes) is 1. The third kappa shape index (κ3) is 2.13. The van der Waals surface area contributed by atoms with Crippen molar-refractivity contribution in [3.63, 3.8) is 0 Å². The van der Waals surface area contributed by atoms with Crippen LogP contribution in [0.15, 0.2) is 30.3 Å². The highest BCUT2D eigenvalue weighted by Crippen LogP contribution is 2.51. The molecule has 0 aromatic heterocycles. The third-order valence-electron chi connectivity index (χ3n) is 3.85. The monoisotopic (exact) mass is 218 g/mol. The zero-order valence-electron chi connectivity index (χ0n) is 10.1. The first kappa shape index (κ1) is 11.6. The predicted molar refractivity (Wildman–Crippen MR) is 68.0 cm³/mol. The fourth-order valence-electron chi connectivity index (χ4n) is 2.67. The lowest BCUT2D eigenvalue weighted by Crippen LogP contribution is -2.44. The van der Waals surface area contributed by atoms with Crippen LogP contribution in [-0.2, 0) is 5.41 Å². The quantitative estimate of drug-likeness (QED) is 0.569. The van der Waals surface area contributed by atoms with E-state index >= 15 is 0 Å². The summed E-state index contributed by atoms with van der Waals surface area (Å²) < 4.78 is 0. The molecule has 0 spiro atoms. The molecule has 1 aromatic rings. The topological polar surface area (TPSA) is 38.0 Å². The molecule has 2 nitrogen and oxygen atoms in total. The van der Waals surface area contributed by atoms with Gasteiger partial charge in [-0.3, -0.25) is 11.3 Å². The van der Waals surface area contributed by atoms with Gasteiger partial charge < -0.3 is 0 Å². The van der Waals surface area contributed by atoms with E-state index in [1.165, 1.54) is 37.7 Å². The molecule has 0 amide bonds. The molecule has 1 aliphatic rings. The second-order valence-corrected chi connectivity index (χ2v) is 4.88. The summed E-state index contributed by atoms with van der Waals surface area (Å²) in [5.41, 5.74) is 4.82. The Kier molecular flexibility index (Phi) is 3.62. The van der Waals surface area contributed by atoms with Gasteiger partial charge in [0, 0.05) is 11.5 Å². The molecule has 0 heterocycles. The van der Waals surface area contributed by atoms with Gasteiger partial charge in [-0.1, -0.05) is 50.1 Å². The summed E-state index contributed by atoms with van der Waals surface area (Å²) in [7, 11) is 0. The second kappa shape index (κ2) is 4.98. The summed E-state index contributed by atoms with van der Waals surface area (Å²) >= 11 is 0. The average Bonchev–Trinajstić information content (AvgIpc) is 3.13. The van der Waals surface area contributed by atoms with Gasteiger partial charge in [0.05, 0.1) is 0 Å². The van der Waals surface area contributed by atoms with Crippen molar-refractivity contribution in [3.8, 4) is 0 Å². The van der Waals surface area contributed by atoms with Crippen LogP contribution in [-0.4, -0.2) is 6.04 Å². The van der Waals surface area contributed by atoms with E-state index in [1.54, 1.807) is 0 Å². The Labute approximate surface area is 98.2 Å². The highest BCUT2D eigenvalue weighted by atomic mass is 15.2. The number of nitrogens with one attached hydrogen (secondary N) is 1. The van der Waals surface area contributed by atoms with Crippen LogP contribution in [0.3, 0.4) is 0 Å². The fraction of sp³-hybridized carbons (Fsp3) is 0.571. The van der Waals surface area contributed by atoms with E-state index in [1.807, 2.05) is 0 Å². The third-order valence-corrected chi connectivity index (χ3v) is 3.85. The molecule has 0 bridgehead atoms. The number of hydrogen-bond donors (Lipinski definition) is 2. The van der Waals surface area contributed by atoms with Crippen molar-refractivity contribution in [1.82, 2.24) is 5.43 Å². The summed E-state index contributed by atoms with van der Waals surface area (Å²) in [4.78, 5) is 0. The number of benzene rings is 1. The maximum Gasteiger partial charge on any atom is 0.0307 e. The van der Waals surface area contributed by atoms with Gasteiger partial charge in [0.25, 0.3) is 0 Å². The molecule has 1 fully saturated rings. The Morgan fingerprint density at radius 1 is 1.31 bits per heavy atom. The van der Waals surface area contributed by atoms with Crippen LogP contribution in [0.2, 0.25) is 0 Å². The maximum atomic E-state index is 5.73. The van der Waals surface area contributed by atoms with Gasteiger partial charge in [-0.05, 0) is 24.8 Å². The molecule has 1 atom stereocenters. The standard InChI is InChI=1S/C14H22N2/c1-2-3-9-13(16-15)14(10-11-14)12-7-5-4-6-8-12/h4-8,13,16H,2-3,9-11,15H2,1H3. The molecule has 2 heteroatoms. The largest absolute Gasteiger partial charge is 0.271 e. The highest BCUT2D eigenvalue weighted by Gasteiger charge is 2.49. The van der Waals surface area contributed by atoms with Crippen LogP contribution in [0.5, 0.6) is 0 Å². The minimum absolute atomic E-state index is 0.325. The molecule has 88 valence electrons. The van der Waals surface area contributed by atoms with Crippen LogP contribution < -0.4 is 11.3 Å². The van der Waals surface area contributed by atoms with Gasteiger partial charge >= 0.3 is 0 Å². The lowest BCUT2D eigenvalue weighted by Gasteiger charge is -2.26. The lowest BCUT2D eigenvalue weighted by molar-refractivity contribution is 0.388. The molecule has 1 aromatic carbocycles. The van der Waals surface area contributed by atoms with Crippen molar-refractivity contribution in [3.05, 3.63) is 35.9 Å². The fourth-order valence-corrected chi connectivity index (χ4v) is 2.67. The number of hydrogen-bond acceptors (Lipinski definition) is 2. The Bertz CT molecular complexity index is 317. The maximum absolute atomic E-state index is 5.73. The van der Waals surface area contributed by atoms with Crippen molar-refractivity contribution >= 4 is 0 Å². The molecule has 1 aliphatic carbocycles. The van der Waals surface area contributed by atoms with E-state index in [2.05, 4.69) is 42.7 Å². The van der Waals surface area contributed by atoms with Gasteiger partial charge in [0.1, 0.15) is 0 Å². The molecule has 1 unspecified atom stereocenters. The Hall–Kier alpha value is -0.860. The molecular weight excluding hydrogens is 196 g/mol. The van der Waals surface area contributed by atoms with Crippen LogP contribution >= 0.6 is 0 Å². The van der Waals surface area contributed by atoms with Crippen LogP contribution in [0, 0.1) is 0 Å². The summed E-state index contributed by atoms with van der Waals surface area (Å²) in [6.07, 6.45) is 6.22. The molecule has 0 radical (unpaired) electrons. The molecule has 0 saturated heterocycles.